The zero-order chi connectivity index (χ0) is 19.8. The largest absolute Gasteiger partial charge is 0.469 e. The summed E-state index contributed by atoms with van der Waals surface area (Å²) in [6.07, 6.45) is -0.877. The molecule has 1 aromatic carbocycles. The van der Waals surface area contributed by atoms with Crippen molar-refractivity contribution in [3.63, 3.8) is 0 Å². The maximum atomic E-state index is 13.3. The second-order valence-corrected chi connectivity index (χ2v) is 6.38. The summed E-state index contributed by atoms with van der Waals surface area (Å²) in [6, 6.07) is 11.8. The Bertz CT molecular complexity index is 1040. The van der Waals surface area contributed by atoms with Gasteiger partial charge in [0.25, 0.3) is 11.7 Å². The number of aryl methyl sites for hydroxylation is 2. The number of pyridine rings is 1. The fraction of sp³-hybridized carbons (Fsp3) is 0.211. The van der Waals surface area contributed by atoms with Crippen LogP contribution >= 0.6 is 0 Å². The summed E-state index contributed by atoms with van der Waals surface area (Å²) in [6.45, 7) is 3.64. The molecule has 1 unspecified atom stereocenters. The van der Waals surface area contributed by atoms with E-state index in [9.17, 15) is 14.9 Å². The number of ether oxygens (including phenoxy) is 1. The topological polar surface area (TPSA) is 112 Å². The highest BCUT2D eigenvalue weighted by Gasteiger charge is 2.40. The molecule has 1 atom stereocenters. The van der Waals surface area contributed by atoms with Gasteiger partial charge in [0.05, 0.1) is 12.2 Å². The Balaban J connectivity index is 1.82. The monoisotopic (exact) mass is 380 g/mol. The van der Waals surface area contributed by atoms with E-state index >= 15 is 0 Å². The number of rotatable bonds is 4. The van der Waals surface area contributed by atoms with Crippen LogP contribution in [0.1, 0.15) is 28.7 Å². The van der Waals surface area contributed by atoms with E-state index in [0.717, 1.165) is 5.56 Å². The Morgan fingerprint density at radius 3 is 2.57 bits per heavy atom. The smallest absolute Gasteiger partial charge is 0.366 e. The molecule has 0 radical (unpaired) electrons. The van der Waals surface area contributed by atoms with Crippen molar-refractivity contribution in [2.24, 2.45) is 0 Å². The lowest BCUT2D eigenvalue weighted by Gasteiger charge is -2.31. The third-order valence-electron chi connectivity index (χ3n) is 4.60. The van der Waals surface area contributed by atoms with Gasteiger partial charge in [-0.05, 0) is 29.8 Å². The average molecular weight is 380 g/mol. The molecule has 0 saturated carbocycles. The molecule has 4 rings (SSSR count). The zero-order valence-electron chi connectivity index (χ0n) is 15.2. The first-order chi connectivity index (χ1) is 13.5. The van der Waals surface area contributed by atoms with Gasteiger partial charge in [0.2, 0.25) is 6.10 Å². The van der Waals surface area contributed by atoms with Crippen molar-refractivity contribution in [1.29, 1.82) is 0 Å². The molecule has 0 aliphatic carbocycles. The van der Waals surface area contributed by atoms with Gasteiger partial charge < -0.3 is 19.4 Å². The third-order valence-corrected chi connectivity index (χ3v) is 4.60. The van der Waals surface area contributed by atoms with Crippen molar-refractivity contribution in [3.8, 4) is 5.75 Å². The number of hydrogen-bond acceptors (Lipinski definition) is 7. The van der Waals surface area contributed by atoms with Gasteiger partial charge in [-0.25, -0.2) is 0 Å². The summed E-state index contributed by atoms with van der Waals surface area (Å²) < 4.78 is 11.0. The number of amides is 1. The minimum atomic E-state index is -0.877. The Labute approximate surface area is 159 Å². The molecule has 9 heteroatoms. The van der Waals surface area contributed by atoms with Crippen molar-refractivity contribution in [1.82, 2.24) is 10.1 Å². The average Bonchev–Trinajstić information content (AvgIpc) is 3.01. The molecule has 142 valence electrons. The number of nitro groups is 1. The molecule has 0 N–H and O–H groups in total. The molecule has 2 aromatic heterocycles. The molecule has 3 heterocycles. The number of carbonyl (C=O) groups is 1. The SMILES string of the molecule is Cc1noc(C)c1CN1C(=O)C(c2ccccc2)Oc2ccc([N+](=O)[O-])nc21. The van der Waals surface area contributed by atoms with Crippen LogP contribution in [-0.2, 0) is 11.3 Å². The Morgan fingerprint density at radius 2 is 1.93 bits per heavy atom. The van der Waals surface area contributed by atoms with Crippen LogP contribution in [0, 0.1) is 24.0 Å². The van der Waals surface area contributed by atoms with E-state index in [1.165, 1.54) is 17.0 Å². The van der Waals surface area contributed by atoms with Crippen LogP contribution in [0.3, 0.4) is 0 Å². The van der Waals surface area contributed by atoms with Crippen LogP contribution < -0.4 is 9.64 Å². The van der Waals surface area contributed by atoms with Crippen LogP contribution in [0.2, 0.25) is 0 Å². The highest BCUT2D eigenvalue weighted by molar-refractivity contribution is 5.99. The lowest BCUT2D eigenvalue weighted by molar-refractivity contribution is -0.389. The molecular formula is C19H16N4O5. The summed E-state index contributed by atoms with van der Waals surface area (Å²) in [4.78, 5) is 29.2. The molecule has 0 spiro atoms. The fourth-order valence-electron chi connectivity index (χ4n) is 3.11. The van der Waals surface area contributed by atoms with E-state index in [1.807, 2.05) is 18.2 Å². The van der Waals surface area contributed by atoms with Crippen molar-refractivity contribution >= 4 is 17.5 Å². The first-order valence-corrected chi connectivity index (χ1v) is 8.56. The highest BCUT2D eigenvalue weighted by Crippen LogP contribution is 2.39. The van der Waals surface area contributed by atoms with Gasteiger partial charge in [-0.3, -0.25) is 9.69 Å². The summed E-state index contributed by atoms with van der Waals surface area (Å²) in [5.41, 5.74) is 2.04. The fourth-order valence-corrected chi connectivity index (χ4v) is 3.11. The van der Waals surface area contributed by atoms with E-state index in [0.29, 0.717) is 22.8 Å². The summed E-state index contributed by atoms with van der Waals surface area (Å²) >= 11 is 0. The molecule has 3 aromatic rings. The van der Waals surface area contributed by atoms with Gasteiger partial charge in [-0.1, -0.05) is 35.5 Å². The molecule has 0 bridgehead atoms. The number of hydrogen-bond donors (Lipinski definition) is 0. The van der Waals surface area contributed by atoms with E-state index in [1.54, 1.807) is 26.0 Å². The van der Waals surface area contributed by atoms with Crippen molar-refractivity contribution in [2.45, 2.75) is 26.5 Å². The zero-order valence-corrected chi connectivity index (χ0v) is 15.2. The summed E-state index contributed by atoms with van der Waals surface area (Å²) in [5.74, 6) is 0.237. The van der Waals surface area contributed by atoms with Crippen molar-refractivity contribution in [2.75, 3.05) is 4.90 Å². The number of aromatic nitrogens is 2. The maximum absolute atomic E-state index is 13.3. The molecule has 1 amide bonds. The predicted octanol–water partition coefficient (Wildman–Crippen LogP) is 3.26. The Morgan fingerprint density at radius 1 is 1.18 bits per heavy atom. The predicted molar refractivity (Wildman–Crippen MR) is 97.9 cm³/mol. The summed E-state index contributed by atoms with van der Waals surface area (Å²) in [7, 11) is 0. The molecular weight excluding hydrogens is 364 g/mol. The standard InChI is InChI=1S/C19H16N4O5/c1-11-14(12(2)28-21-11)10-22-18-15(8-9-16(20-18)23(25)26)27-17(19(22)24)13-6-4-3-5-7-13/h3-9,17H,10H2,1-2H3. The van der Waals surface area contributed by atoms with Gasteiger partial charge in [0.15, 0.2) is 5.75 Å². The van der Waals surface area contributed by atoms with Crippen LogP contribution in [0.5, 0.6) is 5.75 Å². The minimum Gasteiger partial charge on any atom is -0.469 e. The Kier molecular flexibility index (Phi) is 4.26. The first-order valence-electron chi connectivity index (χ1n) is 8.56. The molecule has 1 aliphatic rings. The number of carbonyl (C=O) groups excluding carboxylic acids is 1. The van der Waals surface area contributed by atoms with Crippen LogP contribution in [0.15, 0.2) is 47.0 Å². The number of benzene rings is 1. The number of fused-ring (bicyclic) bond motifs is 1. The van der Waals surface area contributed by atoms with Gasteiger partial charge >= 0.3 is 5.82 Å². The van der Waals surface area contributed by atoms with E-state index in [2.05, 4.69) is 10.1 Å². The number of nitrogens with zero attached hydrogens (tertiary/aromatic N) is 4. The third kappa shape index (κ3) is 2.96. The van der Waals surface area contributed by atoms with E-state index in [4.69, 9.17) is 9.26 Å². The van der Waals surface area contributed by atoms with Crippen LogP contribution in [0.4, 0.5) is 11.6 Å². The second kappa shape index (κ2) is 6.76. The minimum absolute atomic E-state index is 0.103. The van der Waals surface area contributed by atoms with Crippen molar-refractivity contribution in [3.05, 3.63) is 75.2 Å². The maximum Gasteiger partial charge on any atom is 0.366 e. The first kappa shape index (κ1) is 17.7. The Hall–Kier alpha value is -3.75. The lowest BCUT2D eigenvalue weighted by atomic mass is 10.1. The normalized spacial score (nSPS) is 15.9. The van der Waals surface area contributed by atoms with E-state index < -0.39 is 11.0 Å². The number of anilines is 1. The second-order valence-electron chi connectivity index (χ2n) is 6.38. The lowest BCUT2D eigenvalue weighted by Crippen LogP contribution is -2.41. The van der Waals surface area contributed by atoms with Gasteiger partial charge in [-0.2, -0.15) is 0 Å². The van der Waals surface area contributed by atoms with Gasteiger partial charge in [0, 0.05) is 17.2 Å². The molecule has 9 nitrogen and oxygen atoms in total. The van der Waals surface area contributed by atoms with Gasteiger partial charge in [-0.15, -0.1) is 0 Å². The van der Waals surface area contributed by atoms with Crippen molar-refractivity contribution < 1.29 is 19.0 Å². The summed E-state index contributed by atoms with van der Waals surface area (Å²) in [5, 5.41) is 15.1. The highest BCUT2D eigenvalue weighted by atomic mass is 16.6. The molecule has 28 heavy (non-hydrogen) atoms. The van der Waals surface area contributed by atoms with Gasteiger partial charge in [0.1, 0.15) is 5.76 Å². The van der Waals surface area contributed by atoms with E-state index in [-0.39, 0.29) is 24.1 Å². The molecule has 1 aliphatic heterocycles. The van der Waals surface area contributed by atoms with Crippen LogP contribution in [0.25, 0.3) is 0 Å². The molecule has 0 saturated heterocycles. The molecule has 0 fully saturated rings. The van der Waals surface area contributed by atoms with Crippen LogP contribution in [-0.4, -0.2) is 21.0 Å². The quantitative estimate of drug-likeness (QED) is 0.504.